The molecule has 0 aromatic carbocycles. The predicted molar refractivity (Wildman–Crippen MR) is 218 cm³/mol. The molecule has 0 spiro atoms. The second-order valence-electron chi connectivity index (χ2n) is 16.4. The van der Waals surface area contributed by atoms with Crippen molar-refractivity contribution >= 4 is 17.8 Å². The first-order chi connectivity index (χ1) is 26.9. The molecule has 3 N–H and O–H groups in total. The molecule has 4 rings (SSSR count). The maximum absolute atomic E-state index is 12.9. The molecule has 0 saturated carbocycles. The Bertz CT molecular complexity index is 1350. The Morgan fingerprint density at radius 3 is 1.67 bits per heavy atom. The van der Waals surface area contributed by atoms with Gasteiger partial charge in [0.15, 0.2) is 12.3 Å². The van der Waals surface area contributed by atoms with Crippen LogP contribution in [0.5, 0.6) is 0 Å². The van der Waals surface area contributed by atoms with Crippen LogP contribution < -0.4 is 11.4 Å². The quantitative estimate of drug-likeness (QED) is 0.0444. The molecule has 1 aromatic rings. The van der Waals surface area contributed by atoms with Crippen LogP contribution in [0, 0.1) is 11.8 Å². The fraction of sp³-hybridized carbons (Fsp3) is 0.778. The Morgan fingerprint density at radius 2 is 1.20 bits per heavy atom. The van der Waals surface area contributed by atoms with E-state index in [2.05, 4.69) is 29.3 Å². The molecule has 2 aliphatic carbocycles. The zero-order valence-electron chi connectivity index (χ0n) is 33.8. The van der Waals surface area contributed by atoms with E-state index >= 15 is 0 Å². The number of aliphatic hydroxyl groups excluding tert-OH is 1. The van der Waals surface area contributed by atoms with Crippen molar-refractivity contribution in [1.29, 1.82) is 0 Å². The Balaban J connectivity index is 1.06. The molecule has 0 amide bonds. The van der Waals surface area contributed by atoms with Gasteiger partial charge in [0, 0.05) is 19.0 Å². The van der Waals surface area contributed by atoms with Crippen molar-refractivity contribution in [3.8, 4) is 0 Å². The van der Waals surface area contributed by atoms with Crippen LogP contribution >= 0.6 is 0 Å². The van der Waals surface area contributed by atoms with Gasteiger partial charge in [0.25, 0.3) is 0 Å². The highest BCUT2D eigenvalue weighted by molar-refractivity contribution is 5.70. The van der Waals surface area contributed by atoms with Gasteiger partial charge in [-0.15, -0.1) is 0 Å². The molecule has 2 heterocycles. The molecule has 1 fully saturated rings. The number of allylic oxidation sites excluding steroid dienone is 4. The number of carbonyl (C=O) groups excluding carboxylic acids is 2. The summed E-state index contributed by atoms with van der Waals surface area (Å²) in [6, 6.07) is 1.43. The van der Waals surface area contributed by atoms with E-state index in [4.69, 9.17) is 19.9 Å². The Labute approximate surface area is 331 Å². The summed E-state index contributed by atoms with van der Waals surface area (Å²) in [5.74, 6) is 0.898. The van der Waals surface area contributed by atoms with E-state index in [1.165, 1.54) is 134 Å². The summed E-state index contributed by atoms with van der Waals surface area (Å²) in [5, 5.41) is 11.2. The van der Waals surface area contributed by atoms with Crippen LogP contribution in [0.3, 0.4) is 0 Å². The van der Waals surface area contributed by atoms with Gasteiger partial charge in [0.05, 0.1) is 0 Å². The van der Waals surface area contributed by atoms with Gasteiger partial charge in [-0.25, -0.2) is 4.79 Å². The molecule has 310 valence electrons. The van der Waals surface area contributed by atoms with Gasteiger partial charge in [-0.1, -0.05) is 140 Å². The molecule has 1 aromatic heterocycles. The van der Waals surface area contributed by atoms with E-state index in [9.17, 15) is 19.5 Å². The van der Waals surface area contributed by atoms with E-state index in [1.54, 1.807) is 0 Å². The van der Waals surface area contributed by atoms with Crippen LogP contribution in [0.4, 0.5) is 5.82 Å². The van der Waals surface area contributed by atoms with Crippen LogP contribution in [-0.2, 0) is 23.8 Å². The number of nitrogens with zero attached hydrogens (tertiary/aromatic N) is 2. The number of nitrogen functional groups attached to an aromatic ring is 1. The van der Waals surface area contributed by atoms with Crippen molar-refractivity contribution < 1.29 is 28.9 Å². The summed E-state index contributed by atoms with van der Waals surface area (Å²) in [7, 11) is 0. The zero-order chi connectivity index (χ0) is 38.9. The molecule has 0 bridgehead atoms. The minimum Gasteiger partial charge on any atom is -0.463 e. The van der Waals surface area contributed by atoms with Gasteiger partial charge in [-0.3, -0.25) is 14.2 Å². The summed E-state index contributed by atoms with van der Waals surface area (Å²) in [6.07, 6.45) is 38.2. The summed E-state index contributed by atoms with van der Waals surface area (Å²) < 4.78 is 18.4. The van der Waals surface area contributed by atoms with Crippen molar-refractivity contribution in [3.63, 3.8) is 0 Å². The number of aliphatic hydroxyl groups is 1. The first kappa shape index (κ1) is 44.7. The molecular weight excluding hydrogens is 695 g/mol. The maximum Gasteiger partial charge on any atom is 0.351 e. The average Bonchev–Trinajstić information content (AvgIpc) is 3.95. The van der Waals surface area contributed by atoms with Crippen molar-refractivity contribution in [3.05, 3.63) is 47.1 Å². The number of hydrogen-bond donors (Lipinski definition) is 2. The van der Waals surface area contributed by atoms with E-state index in [1.807, 2.05) is 0 Å². The lowest BCUT2D eigenvalue weighted by Gasteiger charge is -2.21. The Hall–Kier alpha value is -2.98. The molecule has 10 nitrogen and oxygen atoms in total. The number of carbonyl (C=O) groups is 2. The van der Waals surface area contributed by atoms with Crippen molar-refractivity contribution in [2.45, 2.75) is 204 Å². The Kier molecular flexibility index (Phi) is 21.8. The fourth-order valence-electron chi connectivity index (χ4n) is 8.36. The van der Waals surface area contributed by atoms with E-state index < -0.39 is 36.2 Å². The number of aromatic nitrogens is 2. The maximum atomic E-state index is 12.9. The summed E-state index contributed by atoms with van der Waals surface area (Å²) in [6.45, 7) is -0.198. The molecule has 10 heteroatoms. The lowest BCUT2D eigenvalue weighted by Crippen LogP contribution is -2.39. The predicted octanol–water partition coefficient (Wildman–Crippen LogP) is 9.83. The zero-order valence-corrected chi connectivity index (χ0v) is 33.8. The standard InChI is InChI=1S/C45H73N3O7/c46-39-33-34-48(45(52)47-39)44-42(51)43(55-41(50)32-20-16-12-8-4-2-6-10-14-18-26-37-29-23-24-30-37)38(54-44)35-53-40(49)31-19-15-11-7-3-1-5-9-13-17-25-36-27-21-22-28-36/h21,23,27,29,33-34,36-38,42-44,51H,1-20,22,24-26,28,30-32,35H2,(H2,46,47,52)/t36-,37-,38-,42+,43-,44-/m1/s1. The van der Waals surface area contributed by atoms with E-state index in [0.717, 1.165) is 54.9 Å². The van der Waals surface area contributed by atoms with Gasteiger partial charge in [0.1, 0.15) is 24.6 Å². The SMILES string of the molecule is Nc1ccn([C@@H]2O[C@H](COC(=O)CCCCCCCCCCCC[C@@H]3C=CCC3)[C@@H](OC(=O)CCCCCCCCCCCC[C@@H]3C=CCC3)[C@@H]2O)c(=O)n1. The third kappa shape index (κ3) is 17.8. The minimum atomic E-state index is -1.36. The van der Waals surface area contributed by atoms with E-state index in [0.29, 0.717) is 12.8 Å². The molecule has 0 radical (unpaired) electrons. The van der Waals surface area contributed by atoms with Crippen LogP contribution in [-0.4, -0.2) is 51.5 Å². The Morgan fingerprint density at radius 1 is 0.727 bits per heavy atom. The number of anilines is 1. The summed E-state index contributed by atoms with van der Waals surface area (Å²) in [5.41, 5.74) is 4.96. The lowest BCUT2D eigenvalue weighted by molar-refractivity contribution is -0.160. The van der Waals surface area contributed by atoms with E-state index in [-0.39, 0.29) is 24.8 Å². The lowest BCUT2D eigenvalue weighted by atomic mass is 9.99. The number of ether oxygens (including phenoxy) is 3. The second kappa shape index (κ2) is 26.8. The van der Waals surface area contributed by atoms with Gasteiger partial charge >= 0.3 is 17.6 Å². The first-order valence-electron chi connectivity index (χ1n) is 22.3. The molecule has 3 aliphatic rings. The molecule has 0 unspecified atom stereocenters. The highest BCUT2D eigenvalue weighted by Gasteiger charge is 2.48. The largest absolute Gasteiger partial charge is 0.463 e. The van der Waals surface area contributed by atoms with Crippen LogP contribution in [0.25, 0.3) is 0 Å². The highest BCUT2D eigenvalue weighted by atomic mass is 16.6. The monoisotopic (exact) mass is 768 g/mol. The smallest absolute Gasteiger partial charge is 0.351 e. The minimum absolute atomic E-state index is 0.0446. The number of unbranched alkanes of at least 4 members (excludes halogenated alkanes) is 18. The van der Waals surface area contributed by atoms with Crippen molar-refractivity contribution in [2.24, 2.45) is 11.8 Å². The fourth-order valence-corrected chi connectivity index (χ4v) is 8.36. The van der Waals surface area contributed by atoms with Crippen LogP contribution in [0.1, 0.15) is 186 Å². The highest BCUT2D eigenvalue weighted by Crippen LogP contribution is 2.32. The van der Waals surface area contributed by atoms with Gasteiger partial charge < -0.3 is 25.1 Å². The molecule has 1 saturated heterocycles. The molecule has 1 aliphatic heterocycles. The summed E-state index contributed by atoms with van der Waals surface area (Å²) >= 11 is 0. The van der Waals surface area contributed by atoms with Crippen molar-refractivity contribution in [1.82, 2.24) is 9.55 Å². The number of rotatable bonds is 30. The third-order valence-corrected chi connectivity index (χ3v) is 11.7. The molecule has 6 atom stereocenters. The van der Waals surface area contributed by atoms with Crippen molar-refractivity contribution in [2.75, 3.05) is 12.3 Å². The van der Waals surface area contributed by atoms with Gasteiger partial charge in [0.2, 0.25) is 0 Å². The van der Waals surface area contributed by atoms with Gasteiger partial charge in [-0.2, -0.15) is 4.98 Å². The van der Waals surface area contributed by atoms with Crippen LogP contribution in [0.2, 0.25) is 0 Å². The van der Waals surface area contributed by atoms with Crippen LogP contribution in [0.15, 0.2) is 41.4 Å². The number of nitrogens with two attached hydrogens (primary N) is 1. The molecular formula is C45H73N3O7. The second-order valence-corrected chi connectivity index (χ2v) is 16.4. The number of esters is 2. The molecule has 55 heavy (non-hydrogen) atoms. The normalized spacial score (nSPS) is 23.1. The number of hydrogen-bond acceptors (Lipinski definition) is 9. The van der Waals surface area contributed by atoms with Gasteiger partial charge in [-0.05, 0) is 69.3 Å². The third-order valence-electron chi connectivity index (χ3n) is 11.7. The first-order valence-corrected chi connectivity index (χ1v) is 22.3. The topological polar surface area (TPSA) is 143 Å². The summed E-state index contributed by atoms with van der Waals surface area (Å²) in [4.78, 5) is 41.8. The average molecular weight is 768 g/mol.